The zero-order valence-electron chi connectivity index (χ0n) is 13.7. The van der Waals surface area contributed by atoms with Gasteiger partial charge in [0.2, 0.25) is 11.8 Å². The van der Waals surface area contributed by atoms with E-state index in [2.05, 4.69) is 0 Å². The number of rotatable bonds is 3. The van der Waals surface area contributed by atoms with Crippen molar-refractivity contribution in [2.24, 2.45) is 23.7 Å². The maximum absolute atomic E-state index is 12.6. The molecule has 2 amide bonds. The summed E-state index contributed by atoms with van der Waals surface area (Å²) >= 11 is 0. The van der Waals surface area contributed by atoms with E-state index in [1.807, 2.05) is 38.1 Å². The molecule has 124 valence electrons. The van der Waals surface area contributed by atoms with Crippen LogP contribution in [0.1, 0.15) is 17.5 Å². The molecule has 0 aromatic heterocycles. The van der Waals surface area contributed by atoms with Crippen LogP contribution in [0.25, 0.3) is 0 Å². The molecule has 0 spiro atoms. The van der Waals surface area contributed by atoms with Crippen LogP contribution in [-0.2, 0) is 14.4 Å². The number of aryl methyl sites for hydroxylation is 1. The van der Waals surface area contributed by atoms with Gasteiger partial charge >= 0.3 is 5.97 Å². The summed E-state index contributed by atoms with van der Waals surface area (Å²) in [6.45, 7) is 3.50. The first-order chi connectivity index (χ1) is 11.5. The summed E-state index contributed by atoms with van der Waals surface area (Å²) in [6, 6.07) is 5.46. The topological polar surface area (TPSA) is 63.7 Å². The number of hydrogen-bond donors (Lipinski definition) is 0. The molecule has 1 saturated carbocycles. The molecule has 3 aliphatic rings. The number of esters is 1. The Morgan fingerprint density at radius 2 is 1.75 bits per heavy atom. The van der Waals surface area contributed by atoms with Crippen LogP contribution in [0.3, 0.4) is 0 Å². The standard InChI is InChI=1S/C19H19NO4/c1-10-4-3-5-14(11(10)2)24-15(21)9-20-18(22)16-12-6-7-13(8-12)17(16)19(20)23/h3-7,12-13,16-17H,8-9H2,1-2H3/t12-,13-,16+,17+/m0/s1. The van der Waals surface area contributed by atoms with Gasteiger partial charge in [-0.15, -0.1) is 0 Å². The monoisotopic (exact) mass is 325 g/mol. The van der Waals surface area contributed by atoms with Crippen LogP contribution in [0, 0.1) is 37.5 Å². The van der Waals surface area contributed by atoms with Crippen LogP contribution in [0.2, 0.25) is 0 Å². The van der Waals surface area contributed by atoms with E-state index >= 15 is 0 Å². The van der Waals surface area contributed by atoms with Crippen LogP contribution in [0.15, 0.2) is 30.4 Å². The molecular weight excluding hydrogens is 306 g/mol. The Bertz CT molecular complexity index is 752. The number of allylic oxidation sites excluding steroid dienone is 2. The predicted octanol–water partition coefficient (Wildman–Crippen LogP) is 2.02. The van der Waals surface area contributed by atoms with Gasteiger partial charge in [0, 0.05) is 0 Å². The fourth-order valence-corrected chi connectivity index (χ4v) is 4.24. The molecule has 1 saturated heterocycles. The van der Waals surface area contributed by atoms with E-state index in [1.165, 1.54) is 0 Å². The molecule has 1 aromatic rings. The molecule has 0 unspecified atom stereocenters. The summed E-state index contributed by atoms with van der Waals surface area (Å²) in [5.41, 5.74) is 1.90. The average Bonchev–Trinajstić information content (AvgIpc) is 3.22. The minimum absolute atomic E-state index is 0.150. The van der Waals surface area contributed by atoms with Gasteiger partial charge in [0.25, 0.3) is 0 Å². The summed E-state index contributed by atoms with van der Waals surface area (Å²) < 4.78 is 5.38. The first kappa shape index (κ1) is 15.1. The maximum atomic E-state index is 12.6. The number of likely N-dealkylation sites (tertiary alicyclic amines) is 1. The Morgan fingerprint density at radius 1 is 1.12 bits per heavy atom. The quantitative estimate of drug-likeness (QED) is 0.369. The zero-order chi connectivity index (χ0) is 17.0. The van der Waals surface area contributed by atoms with Gasteiger partial charge in [-0.3, -0.25) is 14.5 Å². The number of fused-ring (bicyclic) bond motifs is 5. The summed E-state index contributed by atoms with van der Waals surface area (Å²) in [7, 11) is 0. The second-order valence-corrected chi connectivity index (χ2v) is 6.93. The van der Waals surface area contributed by atoms with E-state index < -0.39 is 5.97 Å². The Kier molecular flexibility index (Phi) is 3.34. The largest absolute Gasteiger partial charge is 0.425 e. The molecule has 0 N–H and O–H groups in total. The summed E-state index contributed by atoms with van der Waals surface area (Å²) in [4.78, 5) is 38.4. The second kappa shape index (κ2) is 5.30. The number of nitrogens with zero attached hydrogens (tertiary/aromatic N) is 1. The Balaban J connectivity index is 1.48. The molecular formula is C19H19NO4. The lowest BCUT2D eigenvalue weighted by atomic mass is 9.85. The molecule has 1 heterocycles. The van der Waals surface area contributed by atoms with E-state index in [1.54, 1.807) is 6.07 Å². The fraction of sp³-hybridized carbons (Fsp3) is 0.421. The highest BCUT2D eigenvalue weighted by molar-refractivity contribution is 6.08. The highest BCUT2D eigenvalue weighted by Gasteiger charge is 2.59. The van der Waals surface area contributed by atoms with Crippen LogP contribution >= 0.6 is 0 Å². The van der Waals surface area contributed by atoms with E-state index in [4.69, 9.17) is 4.74 Å². The molecule has 0 radical (unpaired) electrons. The minimum Gasteiger partial charge on any atom is -0.425 e. The highest BCUT2D eigenvalue weighted by Crippen LogP contribution is 2.52. The molecule has 4 atom stereocenters. The van der Waals surface area contributed by atoms with Crippen molar-refractivity contribution >= 4 is 17.8 Å². The lowest BCUT2D eigenvalue weighted by Crippen LogP contribution is -2.38. The smallest absolute Gasteiger partial charge is 0.331 e. The van der Waals surface area contributed by atoms with Gasteiger partial charge in [-0.25, -0.2) is 4.79 Å². The number of amides is 2. The molecule has 5 heteroatoms. The lowest BCUT2D eigenvalue weighted by molar-refractivity contribution is -0.148. The SMILES string of the molecule is Cc1cccc(OC(=O)CN2C(=O)[C@H]3[C@H](C2=O)[C@H]2C=C[C@H]3C2)c1C. The predicted molar refractivity (Wildman–Crippen MR) is 86.0 cm³/mol. The Labute approximate surface area is 140 Å². The van der Waals surface area contributed by atoms with Crippen LogP contribution in [0.4, 0.5) is 0 Å². The number of imide groups is 1. The number of benzene rings is 1. The highest BCUT2D eigenvalue weighted by atomic mass is 16.5. The zero-order valence-corrected chi connectivity index (χ0v) is 13.7. The third-order valence-corrected chi connectivity index (χ3v) is 5.63. The molecule has 2 bridgehead atoms. The molecule has 1 aliphatic heterocycles. The minimum atomic E-state index is -0.578. The number of carbonyl (C=O) groups is 3. The summed E-state index contributed by atoms with van der Waals surface area (Å²) in [6.07, 6.45) is 4.96. The van der Waals surface area contributed by atoms with Crippen LogP contribution in [-0.4, -0.2) is 29.2 Å². The number of ether oxygens (including phenoxy) is 1. The maximum Gasteiger partial charge on any atom is 0.331 e. The van der Waals surface area contributed by atoms with Gasteiger partial charge in [0.1, 0.15) is 12.3 Å². The average molecular weight is 325 g/mol. The molecule has 24 heavy (non-hydrogen) atoms. The Hall–Kier alpha value is -2.43. The van der Waals surface area contributed by atoms with Gasteiger partial charge in [-0.05, 0) is 49.3 Å². The molecule has 2 fully saturated rings. The van der Waals surface area contributed by atoms with E-state index in [-0.39, 0.29) is 42.0 Å². The number of carbonyl (C=O) groups excluding carboxylic acids is 3. The third kappa shape index (κ3) is 2.11. The Morgan fingerprint density at radius 3 is 2.38 bits per heavy atom. The van der Waals surface area contributed by atoms with Crippen LogP contribution in [0.5, 0.6) is 5.75 Å². The van der Waals surface area contributed by atoms with Crippen molar-refractivity contribution in [3.05, 3.63) is 41.5 Å². The van der Waals surface area contributed by atoms with Gasteiger partial charge < -0.3 is 4.74 Å². The van der Waals surface area contributed by atoms with Crippen molar-refractivity contribution in [1.82, 2.24) is 4.90 Å². The van der Waals surface area contributed by atoms with Crippen molar-refractivity contribution < 1.29 is 19.1 Å². The summed E-state index contributed by atoms with van der Waals surface area (Å²) in [5, 5.41) is 0. The third-order valence-electron chi connectivity index (χ3n) is 5.63. The van der Waals surface area contributed by atoms with Gasteiger partial charge in [0.05, 0.1) is 11.8 Å². The lowest BCUT2D eigenvalue weighted by Gasteiger charge is -2.17. The summed E-state index contributed by atoms with van der Waals surface area (Å²) in [5.74, 6) is -0.804. The van der Waals surface area contributed by atoms with E-state index in [9.17, 15) is 14.4 Å². The fourth-order valence-electron chi connectivity index (χ4n) is 4.24. The first-order valence-corrected chi connectivity index (χ1v) is 8.28. The van der Waals surface area contributed by atoms with E-state index in [0.717, 1.165) is 22.4 Å². The second-order valence-electron chi connectivity index (χ2n) is 6.93. The van der Waals surface area contributed by atoms with Crippen molar-refractivity contribution in [3.8, 4) is 5.75 Å². The molecule has 2 aliphatic carbocycles. The van der Waals surface area contributed by atoms with Gasteiger partial charge in [0.15, 0.2) is 0 Å². The normalized spacial score (nSPS) is 30.2. The van der Waals surface area contributed by atoms with Crippen molar-refractivity contribution in [2.75, 3.05) is 6.54 Å². The van der Waals surface area contributed by atoms with Gasteiger partial charge in [-0.1, -0.05) is 24.3 Å². The van der Waals surface area contributed by atoms with Crippen molar-refractivity contribution in [3.63, 3.8) is 0 Å². The first-order valence-electron chi connectivity index (χ1n) is 8.28. The molecule has 4 rings (SSSR count). The number of hydrogen-bond acceptors (Lipinski definition) is 4. The van der Waals surface area contributed by atoms with Crippen LogP contribution < -0.4 is 4.74 Å². The van der Waals surface area contributed by atoms with Gasteiger partial charge in [-0.2, -0.15) is 0 Å². The van der Waals surface area contributed by atoms with Crippen molar-refractivity contribution in [2.45, 2.75) is 20.3 Å². The van der Waals surface area contributed by atoms with E-state index in [0.29, 0.717) is 5.75 Å². The van der Waals surface area contributed by atoms with Crippen molar-refractivity contribution in [1.29, 1.82) is 0 Å². The molecule has 5 nitrogen and oxygen atoms in total. The molecule has 1 aromatic carbocycles.